The first-order valence-electron chi connectivity index (χ1n) is 6.45. The number of hydrogen-bond acceptors (Lipinski definition) is 3. The van der Waals surface area contributed by atoms with E-state index in [0.717, 1.165) is 19.3 Å². The van der Waals surface area contributed by atoms with Gasteiger partial charge in [0.2, 0.25) is 0 Å². The molecule has 2 amide bonds. The number of carboxylic acids is 1. The predicted octanol–water partition coefficient (Wildman–Crippen LogP) is 0.262. The van der Waals surface area contributed by atoms with Crippen LogP contribution in [0.3, 0.4) is 0 Å². The van der Waals surface area contributed by atoms with Crippen molar-refractivity contribution in [2.24, 2.45) is 11.8 Å². The van der Waals surface area contributed by atoms with Gasteiger partial charge in [0.05, 0.1) is 12.6 Å². The van der Waals surface area contributed by atoms with E-state index in [4.69, 9.17) is 5.11 Å². The highest BCUT2D eigenvalue weighted by molar-refractivity contribution is 5.83. The Morgan fingerprint density at radius 2 is 2.06 bits per heavy atom. The number of carbonyl (C=O) groups is 2. The van der Waals surface area contributed by atoms with E-state index >= 15 is 0 Å². The van der Waals surface area contributed by atoms with Crippen molar-refractivity contribution in [2.75, 3.05) is 13.2 Å². The maximum Gasteiger partial charge on any atom is 0.326 e. The van der Waals surface area contributed by atoms with Gasteiger partial charge in [-0.1, -0.05) is 6.92 Å². The molecule has 0 spiro atoms. The molecule has 2 fully saturated rings. The van der Waals surface area contributed by atoms with Crippen molar-refractivity contribution in [1.29, 1.82) is 0 Å². The number of nitrogens with one attached hydrogen (secondary N) is 1. The van der Waals surface area contributed by atoms with Crippen molar-refractivity contribution >= 4 is 12.0 Å². The standard InChI is InChI=1S/C12H20N2O4/c1-7-4-5-14(9(7)6-15)12(18)13-10(11(16)17)8-2-3-8/h7-10,15H,2-6H2,1H3,(H,13,18)(H,16,17). The van der Waals surface area contributed by atoms with Gasteiger partial charge in [-0.25, -0.2) is 9.59 Å². The minimum absolute atomic E-state index is 0.0686. The molecule has 18 heavy (non-hydrogen) atoms. The molecule has 3 unspecified atom stereocenters. The summed E-state index contributed by atoms with van der Waals surface area (Å²) in [4.78, 5) is 24.7. The summed E-state index contributed by atoms with van der Waals surface area (Å²) >= 11 is 0. The van der Waals surface area contributed by atoms with E-state index in [9.17, 15) is 14.7 Å². The molecule has 0 radical (unpaired) electrons. The van der Waals surface area contributed by atoms with Gasteiger partial charge in [0.15, 0.2) is 0 Å². The zero-order valence-electron chi connectivity index (χ0n) is 10.5. The van der Waals surface area contributed by atoms with Crippen LogP contribution in [0.15, 0.2) is 0 Å². The Hall–Kier alpha value is -1.30. The first-order valence-corrected chi connectivity index (χ1v) is 6.45. The van der Waals surface area contributed by atoms with Crippen LogP contribution in [0, 0.1) is 11.8 Å². The number of hydrogen-bond donors (Lipinski definition) is 3. The number of amides is 2. The van der Waals surface area contributed by atoms with Crippen LogP contribution < -0.4 is 5.32 Å². The number of nitrogens with zero attached hydrogens (tertiary/aromatic N) is 1. The number of aliphatic carboxylic acids is 1. The maximum absolute atomic E-state index is 12.0. The van der Waals surface area contributed by atoms with Crippen LogP contribution >= 0.6 is 0 Å². The van der Waals surface area contributed by atoms with Crippen LogP contribution in [0.4, 0.5) is 4.79 Å². The molecule has 2 aliphatic rings. The van der Waals surface area contributed by atoms with Gasteiger partial charge in [0, 0.05) is 6.54 Å². The number of aliphatic hydroxyl groups is 1. The van der Waals surface area contributed by atoms with E-state index in [1.54, 1.807) is 4.90 Å². The van der Waals surface area contributed by atoms with Gasteiger partial charge in [-0.15, -0.1) is 0 Å². The smallest absolute Gasteiger partial charge is 0.326 e. The molecule has 0 aromatic rings. The largest absolute Gasteiger partial charge is 0.480 e. The Labute approximate surface area is 106 Å². The van der Waals surface area contributed by atoms with Crippen LogP contribution in [0.5, 0.6) is 0 Å². The summed E-state index contributed by atoms with van der Waals surface area (Å²) in [6.07, 6.45) is 2.56. The summed E-state index contributed by atoms with van der Waals surface area (Å²) in [7, 11) is 0. The van der Waals surface area contributed by atoms with Crippen LogP contribution in [-0.4, -0.2) is 52.3 Å². The van der Waals surface area contributed by atoms with Crippen molar-refractivity contribution in [2.45, 2.75) is 38.3 Å². The second-order valence-corrected chi connectivity index (χ2v) is 5.31. The van der Waals surface area contributed by atoms with E-state index in [1.807, 2.05) is 6.92 Å². The van der Waals surface area contributed by atoms with Gasteiger partial charge < -0.3 is 20.4 Å². The van der Waals surface area contributed by atoms with Gasteiger partial charge >= 0.3 is 12.0 Å². The summed E-state index contributed by atoms with van der Waals surface area (Å²) in [5.74, 6) is -0.650. The Balaban J connectivity index is 1.96. The zero-order chi connectivity index (χ0) is 13.3. The molecule has 0 bridgehead atoms. The second kappa shape index (κ2) is 5.14. The number of rotatable bonds is 4. The zero-order valence-corrected chi connectivity index (χ0v) is 10.5. The topological polar surface area (TPSA) is 89.9 Å². The van der Waals surface area contributed by atoms with Crippen molar-refractivity contribution in [3.05, 3.63) is 0 Å². The molecule has 2 rings (SSSR count). The molecular weight excluding hydrogens is 236 g/mol. The van der Waals surface area contributed by atoms with E-state index in [0.29, 0.717) is 6.54 Å². The molecule has 1 saturated carbocycles. The third-order valence-electron chi connectivity index (χ3n) is 3.97. The predicted molar refractivity (Wildman–Crippen MR) is 64.0 cm³/mol. The SMILES string of the molecule is CC1CCN(C(=O)NC(C(=O)O)C2CC2)C1CO. The molecule has 1 aliphatic carbocycles. The number of carbonyl (C=O) groups excluding carboxylic acids is 1. The van der Waals surface area contributed by atoms with Crippen molar-refractivity contribution in [3.63, 3.8) is 0 Å². The van der Waals surface area contributed by atoms with Gasteiger partial charge in [0.1, 0.15) is 6.04 Å². The minimum atomic E-state index is -0.973. The normalized spacial score (nSPS) is 29.1. The summed E-state index contributed by atoms with van der Waals surface area (Å²) in [6.45, 7) is 2.49. The molecular formula is C12H20N2O4. The third kappa shape index (κ3) is 2.58. The lowest BCUT2D eigenvalue weighted by Gasteiger charge is -2.27. The van der Waals surface area contributed by atoms with Crippen LogP contribution in [-0.2, 0) is 4.79 Å². The molecule has 3 N–H and O–H groups in total. The quantitative estimate of drug-likeness (QED) is 0.673. The fraction of sp³-hybridized carbons (Fsp3) is 0.833. The lowest BCUT2D eigenvalue weighted by molar-refractivity contribution is -0.139. The van der Waals surface area contributed by atoms with Crippen molar-refractivity contribution < 1.29 is 19.8 Å². The van der Waals surface area contributed by atoms with Crippen LogP contribution in [0.2, 0.25) is 0 Å². The number of likely N-dealkylation sites (tertiary alicyclic amines) is 1. The van der Waals surface area contributed by atoms with E-state index < -0.39 is 12.0 Å². The maximum atomic E-state index is 12.0. The van der Waals surface area contributed by atoms with Crippen molar-refractivity contribution in [3.8, 4) is 0 Å². The Morgan fingerprint density at radius 3 is 2.56 bits per heavy atom. The Kier molecular flexibility index (Phi) is 3.75. The minimum Gasteiger partial charge on any atom is -0.480 e. The fourth-order valence-corrected chi connectivity index (χ4v) is 2.57. The van der Waals surface area contributed by atoms with E-state index in [2.05, 4.69) is 5.32 Å². The Bertz CT molecular complexity index is 343. The summed E-state index contributed by atoms with van der Waals surface area (Å²) in [6, 6.07) is -1.34. The highest BCUT2D eigenvalue weighted by Gasteiger charge is 2.40. The molecule has 6 nitrogen and oxygen atoms in total. The average Bonchev–Trinajstić information content (AvgIpc) is 3.08. The van der Waals surface area contributed by atoms with Crippen LogP contribution in [0.25, 0.3) is 0 Å². The van der Waals surface area contributed by atoms with Gasteiger partial charge in [-0.05, 0) is 31.1 Å². The third-order valence-corrected chi connectivity index (χ3v) is 3.97. The van der Waals surface area contributed by atoms with Gasteiger partial charge in [-0.2, -0.15) is 0 Å². The second-order valence-electron chi connectivity index (χ2n) is 5.31. The van der Waals surface area contributed by atoms with Gasteiger partial charge in [-0.3, -0.25) is 0 Å². The molecule has 3 atom stereocenters. The summed E-state index contributed by atoms with van der Waals surface area (Å²) in [5, 5.41) is 20.9. The van der Waals surface area contributed by atoms with Gasteiger partial charge in [0.25, 0.3) is 0 Å². The molecule has 1 heterocycles. The Morgan fingerprint density at radius 1 is 1.39 bits per heavy atom. The van der Waals surface area contributed by atoms with E-state index in [1.165, 1.54) is 0 Å². The molecule has 102 valence electrons. The average molecular weight is 256 g/mol. The highest BCUT2D eigenvalue weighted by Crippen LogP contribution is 2.33. The molecule has 0 aromatic carbocycles. The molecule has 6 heteroatoms. The molecule has 1 saturated heterocycles. The lowest BCUT2D eigenvalue weighted by atomic mass is 10.0. The van der Waals surface area contributed by atoms with E-state index in [-0.39, 0.29) is 30.5 Å². The summed E-state index contributed by atoms with van der Waals surface area (Å²) in [5.41, 5.74) is 0. The summed E-state index contributed by atoms with van der Waals surface area (Å²) < 4.78 is 0. The first-order chi connectivity index (χ1) is 8.54. The number of carboxylic acid groups (broad SMARTS) is 1. The monoisotopic (exact) mass is 256 g/mol. The number of urea groups is 1. The number of aliphatic hydroxyl groups excluding tert-OH is 1. The van der Waals surface area contributed by atoms with Crippen molar-refractivity contribution in [1.82, 2.24) is 10.2 Å². The first kappa shape index (κ1) is 13.1. The lowest BCUT2D eigenvalue weighted by Crippen LogP contribution is -2.51. The molecule has 0 aromatic heterocycles. The molecule has 1 aliphatic heterocycles. The van der Waals surface area contributed by atoms with Crippen LogP contribution in [0.1, 0.15) is 26.2 Å². The highest BCUT2D eigenvalue weighted by atomic mass is 16.4. The fourth-order valence-electron chi connectivity index (χ4n) is 2.57.